The number of hydrogen-bond donors (Lipinski definition) is 1. The zero-order valence-electron chi connectivity index (χ0n) is 13.0. The Labute approximate surface area is 138 Å². The number of anilines is 1. The van der Waals surface area contributed by atoms with Gasteiger partial charge in [-0.1, -0.05) is 24.3 Å². The van der Waals surface area contributed by atoms with Crippen LogP contribution in [-0.2, 0) is 14.3 Å². The predicted octanol–water partition coefficient (Wildman–Crippen LogP) is 3.03. The Bertz CT molecular complexity index is 758. The zero-order chi connectivity index (χ0) is 17.4. The lowest BCUT2D eigenvalue weighted by molar-refractivity contribution is -0.142. The molecule has 0 unspecified atom stereocenters. The summed E-state index contributed by atoms with van der Waals surface area (Å²) in [6.07, 6.45) is 2.36. The van der Waals surface area contributed by atoms with Gasteiger partial charge in [0.05, 0.1) is 7.11 Å². The van der Waals surface area contributed by atoms with Crippen molar-refractivity contribution in [3.63, 3.8) is 0 Å². The molecule has 0 atom stereocenters. The van der Waals surface area contributed by atoms with Crippen molar-refractivity contribution in [2.45, 2.75) is 0 Å². The molecule has 2 aromatic rings. The summed E-state index contributed by atoms with van der Waals surface area (Å²) in [4.78, 5) is 23.3. The van der Waals surface area contributed by atoms with Gasteiger partial charge in [0, 0.05) is 23.4 Å². The highest BCUT2D eigenvalue weighted by Gasteiger charge is 2.06. The lowest BCUT2D eigenvalue weighted by atomic mass is 10.2. The summed E-state index contributed by atoms with van der Waals surface area (Å²) in [5.74, 6) is -1.08. The summed E-state index contributed by atoms with van der Waals surface area (Å²) in [7, 11) is 1.52. The number of carbonyl (C=O) groups is 2. The largest absolute Gasteiger partial charge is 0.497 e. The van der Waals surface area contributed by atoms with E-state index in [0.717, 1.165) is 6.08 Å². The highest BCUT2D eigenvalue weighted by atomic mass is 19.1. The number of hydrogen-bond acceptors (Lipinski definition) is 4. The maximum absolute atomic E-state index is 13.4. The van der Waals surface area contributed by atoms with Crippen molar-refractivity contribution in [3.05, 3.63) is 66.0 Å². The Balaban J connectivity index is 1.83. The van der Waals surface area contributed by atoms with Crippen LogP contribution in [0.5, 0.6) is 5.75 Å². The molecule has 0 aromatic heterocycles. The van der Waals surface area contributed by atoms with Gasteiger partial charge in [-0.15, -0.1) is 0 Å². The highest BCUT2D eigenvalue weighted by molar-refractivity contribution is 5.94. The minimum Gasteiger partial charge on any atom is -0.497 e. The molecule has 0 heterocycles. The average molecular weight is 329 g/mol. The first-order chi connectivity index (χ1) is 11.6. The molecular weight excluding hydrogens is 313 g/mol. The first-order valence-corrected chi connectivity index (χ1v) is 7.12. The SMILES string of the molecule is COc1cccc(NC(=O)COC(=O)/C=C/c2ccccc2F)c1. The zero-order valence-corrected chi connectivity index (χ0v) is 13.0. The van der Waals surface area contributed by atoms with Gasteiger partial charge in [0.2, 0.25) is 0 Å². The van der Waals surface area contributed by atoms with Crippen LogP contribution in [0.25, 0.3) is 6.08 Å². The van der Waals surface area contributed by atoms with E-state index in [-0.39, 0.29) is 5.56 Å². The van der Waals surface area contributed by atoms with E-state index in [0.29, 0.717) is 11.4 Å². The molecule has 0 aliphatic heterocycles. The van der Waals surface area contributed by atoms with Gasteiger partial charge in [-0.3, -0.25) is 4.79 Å². The van der Waals surface area contributed by atoms with Crippen molar-refractivity contribution in [2.24, 2.45) is 0 Å². The third-order valence-electron chi connectivity index (χ3n) is 3.00. The fourth-order valence-corrected chi connectivity index (χ4v) is 1.85. The molecular formula is C18H16FNO4. The fourth-order valence-electron chi connectivity index (χ4n) is 1.85. The number of rotatable bonds is 6. The Morgan fingerprint density at radius 3 is 2.71 bits per heavy atom. The van der Waals surface area contributed by atoms with Crippen LogP contribution in [0.1, 0.15) is 5.56 Å². The second-order valence-corrected chi connectivity index (χ2v) is 4.74. The molecule has 2 aromatic carbocycles. The van der Waals surface area contributed by atoms with Crippen LogP contribution >= 0.6 is 0 Å². The Morgan fingerprint density at radius 1 is 1.17 bits per heavy atom. The van der Waals surface area contributed by atoms with E-state index < -0.39 is 24.3 Å². The van der Waals surface area contributed by atoms with E-state index in [1.54, 1.807) is 36.4 Å². The van der Waals surface area contributed by atoms with Gasteiger partial charge in [-0.05, 0) is 24.3 Å². The van der Waals surface area contributed by atoms with Gasteiger partial charge in [0.15, 0.2) is 6.61 Å². The number of nitrogens with one attached hydrogen (secondary N) is 1. The first kappa shape index (κ1) is 17.2. The number of benzene rings is 2. The number of amides is 1. The van der Waals surface area contributed by atoms with Crippen molar-refractivity contribution in [2.75, 3.05) is 19.0 Å². The Morgan fingerprint density at radius 2 is 1.96 bits per heavy atom. The lowest BCUT2D eigenvalue weighted by Crippen LogP contribution is -2.20. The number of halogens is 1. The topological polar surface area (TPSA) is 64.6 Å². The lowest BCUT2D eigenvalue weighted by Gasteiger charge is -2.07. The van der Waals surface area contributed by atoms with E-state index in [2.05, 4.69) is 5.32 Å². The Hall–Kier alpha value is -3.15. The molecule has 0 radical (unpaired) electrons. The number of methoxy groups -OCH3 is 1. The second-order valence-electron chi connectivity index (χ2n) is 4.74. The Kier molecular flexibility index (Phi) is 6.08. The van der Waals surface area contributed by atoms with Crippen LogP contribution in [0.2, 0.25) is 0 Å². The number of carbonyl (C=O) groups excluding carboxylic acids is 2. The van der Waals surface area contributed by atoms with Crippen molar-refractivity contribution in [1.82, 2.24) is 0 Å². The minimum atomic E-state index is -0.737. The van der Waals surface area contributed by atoms with Gasteiger partial charge in [-0.25, -0.2) is 9.18 Å². The molecule has 0 bridgehead atoms. The van der Waals surface area contributed by atoms with Crippen LogP contribution in [0, 0.1) is 5.82 Å². The predicted molar refractivity (Wildman–Crippen MR) is 88.0 cm³/mol. The molecule has 1 N–H and O–H groups in total. The maximum Gasteiger partial charge on any atom is 0.331 e. The molecule has 1 amide bonds. The summed E-state index contributed by atoms with van der Waals surface area (Å²) in [6.45, 7) is -0.447. The molecule has 24 heavy (non-hydrogen) atoms. The van der Waals surface area contributed by atoms with Gasteiger partial charge in [0.1, 0.15) is 11.6 Å². The smallest absolute Gasteiger partial charge is 0.331 e. The summed E-state index contributed by atoms with van der Waals surface area (Å²) in [5.41, 5.74) is 0.785. The maximum atomic E-state index is 13.4. The highest BCUT2D eigenvalue weighted by Crippen LogP contribution is 2.16. The number of esters is 1. The van der Waals surface area contributed by atoms with E-state index in [1.807, 2.05) is 0 Å². The standard InChI is InChI=1S/C18H16FNO4/c1-23-15-7-4-6-14(11-15)20-17(21)12-24-18(22)10-9-13-5-2-3-8-16(13)19/h2-11H,12H2,1H3,(H,20,21)/b10-9+. The monoisotopic (exact) mass is 329 g/mol. The summed E-state index contributed by atoms with van der Waals surface area (Å²) in [6, 6.07) is 12.8. The quantitative estimate of drug-likeness (QED) is 0.653. The van der Waals surface area contributed by atoms with Gasteiger partial charge in [-0.2, -0.15) is 0 Å². The van der Waals surface area contributed by atoms with E-state index in [1.165, 1.54) is 25.3 Å². The van der Waals surface area contributed by atoms with Crippen LogP contribution in [0.15, 0.2) is 54.6 Å². The molecule has 124 valence electrons. The van der Waals surface area contributed by atoms with Crippen molar-refractivity contribution < 1.29 is 23.5 Å². The third kappa shape index (κ3) is 5.24. The fraction of sp³-hybridized carbons (Fsp3) is 0.111. The van der Waals surface area contributed by atoms with E-state index >= 15 is 0 Å². The molecule has 0 saturated heterocycles. The molecule has 0 fully saturated rings. The van der Waals surface area contributed by atoms with E-state index in [9.17, 15) is 14.0 Å². The molecule has 0 saturated carbocycles. The van der Waals surface area contributed by atoms with Crippen LogP contribution < -0.4 is 10.1 Å². The molecule has 0 spiro atoms. The molecule has 0 aliphatic rings. The molecule has 0 aliphatic carbocycles. The number of ether oxygens (including phenoxy) is 2. The van der Waals surface area contributed by atoms with E-state index in [4.69, 9.17) is 9.47 Å². The summed E-state index contributed by atoms with van der Waals surface area (Å²) < 4.78 is 23.2. The van der Waals surface area contributed by atoms with Crippen molar-refractivity contribution in [1.29, 1.82) is 0 Å². The van der Waals surface area contributed by atoms with Gasteiger partial charge in [0.25, 0.3) is 5.91 Å². The minimum absolute atomic E-state index is 0.260. The van der Waals surface area contributed by atoms with Crippen LogP contribution in [-0.4, -0.2) is 25.6 Å². The molecule has 2 rings (SSSR count). The van der Waals surface area contributed by atoms with Crippen molar-refractivity contribution >= 4 is 23.6 Å². The van der Waals surface area contributed by atoms with Gasteiger partial charge >= 0.3 is 5.97 Å². The first-order valence-electron chi connectivity index (χ1n) is 7.12. The normalized spacial score (nSPS) is 10.4. The summed E-state index contributed by atoms with van der Waals surface area (Å²) in [5, 5.41) is 2.57. The summed E-state index contributed by atoms with van der Waals surface area (Å²) >= 11 is 0. The average Bonchev–Trinajstić information content (AvgIpc) is 2.59. The van der Waals surface area contributed by atoms with Crippen LogP contribution in [0.4, 0.5) is 10.1 Å². The third-order valence-corrected chi connectivity index (χ3v) is 3.00. The van der Waals surface area contributed by atoms with Gasteiger partial charge < -0.3 is 14.8 Å². The molecule has 5 nitrogen and oxygen atoms in total. The van der Waals surface area contributed by atoms with Crippen molar-refractivity contribution in [3.8, 4) is 5.75 Å². The van der Waals surface area contributed by atoms with Crippen LogP contribution in [0.3, 0.4) is 0 Å². The second kappa shape index (κ2) is 8.47. The molecule has 6 heteroatoms.